The number of aromatic nitrogens is 2. The molecule has 0 saturated heterocycles. The van der Waals surface area contributed by atoms with Crippen LogP contribution < -0.4 is 5.32 Å². The molecule has 34 heavy (non-hydrogen) atoms. The number of benzene rings is 1. The Hall–Kier alpha value is -3.72. The van der Waals surface area contributed by atoms with Gasteiger partial charge in [0.1, 0.15) is 12.4 Å². The van der Waals surface area contributed by atoms with Crippen LogP contribution in [0, 0.1) is 0 Å². The highest BCUT2D eigenvalue weighted by Gasteiger charge is 2.16. The summed E-state index contributed by atoms with van der Waals surface area (Å²) in [6.45, 7) is 2.11. The lowest BCUT2D eigenvalue weighted by Crippen LogP contribution is -2.31. The number of rotatable bonds is 12. The largest absolute Gasteiger partial charge is 0.480 e. The quantitative estimate of drug-likeness (QED) is 0.338. The van der Waals surface area contributed by atoms with Crippen LogP contribution in [0.5, 0.6) is 0 Å². The average Bonchev–Trinajstić information content (AvgIpc) is 3.46. The van der Waals surface area contributed by atoms with Crippen LogP contribution in [0.1, 0.15) is 52.1 Å². The van der Waals surface area contributed by atoms with Crippen LogP contribution in [0.4, 0.5) is 0 Å². The van der Waals surface area contributed by atoms with Gasteiger partial charge in [0.15, 0.2) is 0 Å². The van der Waals surface area contributed by atoms with E-state index in [4.69, 9.17) is 10.2 Å². The molecule has 0 spiro atoms. The first-order valence-corrected chi connectivity index (χ1v) is 11.8. The predicted molar refractivity (Wildman–Crippen MR) is 130 cm³/mol. The molecule has 0 saturated carbocycles. The SMILES string of the molecule is CCCCc1ncc(/C=C(\Cc2cccs2)C(=O)NCC(=O)O)n1Cc1ccc(C(=O)O)cc1. The molecule has 178 valence electrons. The number of hydrogen-bond acceptors (Lipinski definition) is 5. The molecule has 0 aliphatic heterocycles. The minimum absolute atomic E-state index is 0.217. The first-order chi connectivity index (χ1) is 16.4. The highest BCUT2D eigenvalue weighted by atomic mass is 32.1. The smallest absolute Gasteiger partial charge is 0.335 e. The van der Waals surface area contributed by atoms with Gasteiger partial charge in [0, 0.05) is 29.8 Å². The molecule has 2 aromatic heterocycles. The molecule has 0 atom stereocenters. The zero-order valence-corrected chi connectivity index (χ0v) is 19.7. The molecular formula is C25H27N3O5S. The van der Waals surface area contributed by atoms with E-state index in [0.29, 0.717) is 18.5 Å². The van der Waals surface area contributed by atoms with Crippen molar-refractivity contribution in [2.24, 2.45) is 0 Å². The Morgan fingerprint density at radius 3 is 2.53 bits per heavy atom. The fourth-order valence-electron chi connectivity index (χ4n) is 3.44. The van der Waals surface area contributed by atoms with Crippen LogP contribution in [0.15, 0.2) is 53.5 Å². The first kappa shape index (κ1) is 24.9. The van der Waals surface area contributed by atoms with Gasteiger partial charge in [0.25, 0.3) is 0 Å². The average molecular weight is 482 g/mol. The van der Waals surface area contributed by atoms with Crippen LogP contribution in [0.3, 0.4) is 0 Å². The number of carbonyl (C=O) groups is 3. The summed E-state index contributed by atoms with van der Waals surface area (Å²) in [5.74, 6) is -1.66. The maximum Gasteiger partial charge on any atom is 0.335 e. The van der Waals surface area contributed by atoms with Gasteiger partial charge < -0.3 is 20.1 Å². The van der Waals surface area contributed by atoms with Gasteiger partial charge in [-0.1, -0.05) is 31.5 Å². The fraction of sp³-hybridized carbons (Fsp3) is 0.280. The number of imidazole rings is 1. The standard InChI is InChI=1S/C25H27N3O5S/c1-2-3-6-22-26-14-20(28(22)16-17-7-9-18(10-8-17)25(32)33)12-19(13-21-5-4-11-34-21)24(31)27-15-23(29)30/h4-5,7-12,14H,2-3,6,13,15-16H2,1H3,(H,27,31)(H,29,30)(H,32,33)/b19-12+. The number of aromatic carboxylic acids is 1. The van der Waals surface area contributed by atoms with Gasteiger partial charge in [0.05, 0.1) is 17.5 Å². The van der Waals surface area contributed by atoms with E-state index in [0.717, 1.165) is 41.2 Å². The minimum atomic E-state index is -1.11. The van der Waals surface area contributed by atoms with E-state index in [1.54, 1.807) is 36.5 Å². The third kappa shape index (κ3) is 6.89. The third-order valence-electron chi connectivity index (χ3n) is 5.22. The van der Waals surface area contributed by atoms with Crippen molar-refractivity contribution < 1.29 is 24.6 Å². The van der Waals surface area contributed by atoms with Crippen molar-refractivity contribution in [2.75, 3.05) is 6.54 Å². The summed E-state index contributed by atoms with van der Waals surface area (Å²) in [4.78, 5) is 40.5. The number of carboxylic acids is 2. The number of aliphatic carboxylic acids is 1. The Balaban J connectivity index is 1.96. The summed E-state index contributed by atoms with van der Waals surface area (Å²) in [7, 11) is 0. The molecule has 0 aliphatic rings. The van der Waals surface area contributed by atoms with Gasteiger partial charge in [-0.3, -0.25) is 9.59 Å². The Labute approximate surface area is 201 Å². The molecule has 9 heteroatoms. The van der Waals surface area contributed by atoms with Gasteiger partial charge in [-0.05, 0) is 41.6 Å². The molecule has 1 aromatic carbocycles. The van der Waals surface area contributed by atoms with Crippen LogP contribution in [-0.4, -0.2) is 44.2 Å². The maximum absolute atomic E-state index is 12.8. The Morgan fingerprint density at radius 2 is 1.91 bits per heavy atom. The van der Waals surface area contributed by atoms with Crippen molar-refractivity contribution >= 4 is 35.3 Å². The second kappa shape index (κ2) is 11.9. The Kier molecular flexibility index (Phi) is 8.75. The zero-order chi connectivity index (χ0) is 24.5. The van der Waals surface area contributed by atoms with E-state index in [1.807, 2.05) is 22.1 Å². The van der Waals surface area contributed by atoms with E-state index >= 15 is 0 Å². The number of carboxylic acid groups (broad SMARTS) is 2. The normalized spacial score (nSPS) is 11.4. The van der Waals surface area contributed by atoms with Gasteiger partial charge in [-0.15, -0.1) is 11.3 Å². The molecule has 0 fully saturated rings. The first-order valence-electron chi connectivity index (χ1n) is 11.0. The van der Waals surface area contributed by atoms with Crippen molar-refractivity contribution in [3.63, 3.8) is 0 Å². The number of aryl methyl sites for hydroxylation is 1. The Bertz CT molecular complexity index is 1160. The summed E-state index contributed by atoms with van der Waals surface area (Å²) in [5.41, 5.74) is 2.29. The fourth-order valence-corrected chi connectivity index (χ4v) is 4.17. The van der Waals surface area contributed by atoms with Crippen molar-refractivity contribution in [1.29, 1.82) is 0 Å². The summed E-state index contributed by atoms with van der Waals surface area (Å²) in [6, 6.07) is 10.5. The van der Waals surface area contributed by atoms with Crippen LogP contribution in [0.2, 0.25) is 0 Å². The molecule has 0 radical (unpaired) electrons. The highest BCUT2D eigenvalue weighted by Crippen LogP contribution is 2.20. The van der Waals surface area contributed by atoms with Crippen LogP contribution >= 0.6 is 11.3 Å². The molecule has 0 aliphatic carbocycles. The van der Waals surface area contributed by atoms with E-state index < -0.39 is 24.4 Å². The van der Waals surface area contributed by atoms with Crippen molar-refractivity contribution in [2.45, 2.75) is 39.2 Å². The molecule has 0 bridgehead atoms. The molecule has 2 heterocycles. The molecule has 3 N–H and O–H groups in total. The minimum Gasteiger partial charge on any atom is -0.480 e. The van der Waals surface area contributed by atoms with Gasteiger partial charge in [-0.25, -0.2) is 9.78 Å². The molecule has 3 rings (SSSR count). The number of carbonyl (C=O) groups excluding carboxylic acids is 1. The summed E-state index contributed by atoms with van der Waals surface area (Å²) in [6.07, 6.45) is 6.57. The number of nitrogens with zero attached hydrogens (tertiary/aromatic N) is 2. The van der Waals surface area contributed by atoms with Gasteiger partial charge in [0.2, 0.25) is 5.91 Å². The summed E-state index contributed by atoms with van der Waals surface area (Å²) < 4.78 is 2.02. The molecule has 1 amide bonds. The van der Waals surface area contributed by atoms with E-state index in [-0.39, 0.29) is 5.56 Å². The summed E-state index contributed by atoms with van der Waals surface area (Å²) in [5, 5.41) is 22.5. The lowest BCUT2D eigenvalue weighted by atomic mass is 10.1. The number of nitrogens with one attached hydrogen (secondary N) is 1. The maximum atomic E-state index is 12.8. The lowest BCUT2D eigenvalue weighted by Gasteiger charge is -2.13. The second-order valence-electron chi connectivity index (χ2n) is 7.79. The summed E-state index contributed by atoms with van der Waals surface area (Å²) >= 11 is 1.52. The monoisotopic (exact) mass is 481 g/mol. The van der Waals surface area contributed by atoms with Crippen LogP contribution in [0.25, 0.3) is 6.08 Å². The predicted octanol–water partition coefficient (Wildman–Crippen LogP) is 3.86. The van der Waals surface area contributed by atoms with Crippen molar-refractivity contribution in [3.05, 3.63) is 81.1 Å². The molecule has 3 aromatic rings. The third-order valence-corrected chi connectivity index (χ3v) is 6.10. The zero-order valence-electron chi connectivity index (χ0n) is 18.9. The van der Waals surface area contributed by atoms with Crippen LogP contribution in [-0.2, 0) is 29.0 Å². The number of thiophene rings is 1. The molecule has 8 nitrogen and oxygen atoms in total. The topological polar surface area (TPSA) is 122 Å². The Morgan fingerprint density at radius 1 is 1.15 bits per heavy atom. The molecular weight excluding hydrogens is 454 g/mol. The second-order valence-corrected chi connectivity index (χ2v) is 8.83. The van der Waals surface area contributed by atoms with Crippen molar-refractivity contribution in [3.8, 4) is 0 Å². The lowest BCUT2D eigenvalue weighted by molar-refractivity contribution is -0.137. The van der Waals surface area contributed by atoms with Crippen molar-refractivity contribution in [1.82, 2.24) is 14.9 Å². The van der Waals surface area contributed by atoms with E-state index in [2.05, 4.69) is 17.2 Å². The van der Waals surface area contributed by atoms with E-state index in [9.17, 15) is 14.4 Å². The number of unbranched alkanes of at least 4 members (excludes halogenated alkanes) is 1. The van der Waals surface area contributed by atoms with Gasteiger partial charge in [-0.2, -0.15) is 0 Å². The number of amides is 1. The molecule has 0 unspecified atom stereocenters. The van der Waals surface area contributed by atoms with E-state index in [1.165, 1.54) is 11.3 Å². The number of hydrogen-bond donors (Lipinski definition) is 3. The highest BCUT2D eigenvalue weighted by molar-refractivity contribution is 7.09. The van der Waals surface area contributed by atoms with Gasteiger partial charge >= 0.3 is 11.9 Å².